The van der Waals surface area contributed by atoms with E-state index in [4.69, 9.17) is 4.74 Å². The van der Waals surface area contributed by atoms with Gasteiger partial charge in [-0.3, -0.25) is 4.68 Å². The second kappa shape index (κ2) is 5.33. The summed E-state index contributed by atoms with van der Waals surface area (Å²) in [4.78, 5) is 0. The molecule has 0 amide bonds. The van der Waals surface area contributed by atoms with Crippen LogP contribution in [0.1, 0.15) is 24.3 Å². The van der Waals surface area contributed by atoms with E-state index in [1.165, 1.54) is 0 Å². The van der Waals surface area contributed by atoms with Crippen LogP contribution >= 0.6 is 11.3 Å². The Bertz CT molecular complexity index is 443. The van der Waals surface area contributed by atoms with Crippen molar-refractivity contribution in [2.24, 2.45) is 0 Å². The summed E-state index contributed by atoms with van der Waals surface area (Å²) in [5, 5.41) is 18.5. The molecule has 92 valence electrons. The van der Waals surface area contributed by atoms with Gasteiger partial charge in [0.2, 0.25) is 0 Å². The maximum Gasteiger partial charge on any atom is 0.162 e. The molecule has 2 aromatic heterocycles. The van der Waals surface area contributed by atoms with Crippen LogP contribution in [0.25, 0.3) is 0 Å². The minimum Gasteiger partial charge on any atom is -0.493 e. The van der Waals surface area contributed by atoms with E-state index in [9.17, 15) is 5.11 Å². The van der Waals surface area contributed by atoms with Gasteiger partial charge in [0.25, 0.3) is 0 Å². The number of methoxy groups -OCH3 is 1. The summed E-state index contributed by atoms with van der Waals surface area (Å²) in [5.41, 5.74) is 1.88. The topological polar surface area (TPSA) is 47.3 Å². The smallest absolute Gasteiger partial charge is 0.162 e. The van der Waals surface area contributed by atoms with Gasteiger partial charge in [-0.25, -0.2) is 0 Å². The molecule has 0 radical (unpaired) electrons. The zero-order valence-corrected chi connectivity index (χ0v) is 10.8. The normalized spacial score (nSPS) is 12.6. The van der Waals surface area contributed by atoms with E-state index in [1.807, 2.05) is 23.8 Å². The van der Waals surface area contributed by atoms with Crippen molar-refractivity contribution in [3.63, 3.8) is 0 Å². The molecule has 4 nitrogen and oxygen atoms in total. The Morgan fingerprint density at radius 2 is 2.41 bits per heavy atom. The van der Waals surface area contributed by atoms with Crippen molar-refractivity contribution < 1.29 is 9.84 Å². The van der Waals surface area contributed by atoms with Crippen molar-refractivity contribution in [2.75, 3.05) is 7.11 Å². The van der Waals surface area contributed by atoms with Crippen molar-refractivity contribution >= 4 is 11.3 Å². The molecule has 0 bridgehead atoms. The third-order valence-corrected chi connectivity index (χ3v) is 3.42. The predicted octanol–water partition coefficient (Wildman–Crippen LogP) is 2.25. The number of aryl methyl sites for hydroxylation is 1. The molecule has 0 saturated heterocycles. The van der Waals surface area contributed by atoms with Gasteiger partial charge in [-0.05, 0) is 29.3 Å². The lowest BCUT2D eigenvalue weighted by molar-refractivity contribution is 0.163. The van der Waals surface area contributed by atoms with E-state index in [-0.39, 0.29) is 0 Å². The van der Waals surface area contributed by atoms with Crippen LogP contribution in [0, 0.1) is 0 Å². The van der Waals surface area contributed by atoms with Crippen molar-refractivity contribution in [3.05, 3.63) is 34.3 Å². The first-order valence-electron chi connectivity index (χ1n) is 5.55. The highest BCUT2D eigenvalue weighted by Gasteiger charge is 2.19. The van der Waals surface area contributed by atoms with Gasteiger partial charge >= 0.3 is 0 Å². The number of ether oxygens (including phenoxy) is 1. The lowest BCUT2D eigenvalue weighted by Crippen LogP contribution is -2.11. The number of thiophene rings is 1. The first-order valence-corrected chi connectivity index (χ1v) is 6.49. The highest BCUT2D eigenvalue weighted by Crippen LogP contribution is 2.27. The van der Waals surface area contributed by atoms with E-state index in [1.54, 1.807) is 29.3 Å². The van der Waals surface area contributed by atoms with Crippen molar-refractivity contribution in [1.82, 2.24) is 9.78 Å². The van der Waals surface area contributed by atoms with Crippen LogP contribution in [0.2, 0.25) is 0 Å². The van der Waals surface area contributed by atoms with Crippen LogP contribution in [0.3, 0.4) is 0 Å². The summed E-state index contributed by atoms with van der Waals surface area (Å²) < 4.78 is 7.00. The van der Waals surface area contributed by atoms with E-state index >= 15 is 0 Å². The lowest BCUT2D eigenvalue weighted by Gasteiger charge is -2.13. The molecule has 0 aliphatic carbocycles. The lowest BCUT2D eigenvalue weighted by atomic mass is 10.1. The molecule has 5 heteroatoms. The van der Waals surface area contributed by atoms with Gasteiger partial charge in [-0.15, -0.1) is 0 Å². The Morgan fingerprint density at radius 3 is 3.00 bits per heavy atom. The maximum atomic E-state index is 10.3. The van der Waals surface area contributed by atoms with Crippen molar-refractivity contribution in [3.8, 4) is 5.75 Å². The Labute approximate surface area is 104 Å². The third-order valence-electron chi connectivity index (χ3n) is 2.69. The fourth-order valence-corrected chi connectivity index (χ4v) is 2.53. The van der Waals surface area contributed by atoms with E-state index < -0.39 is 6.10 Å². The number of aliphatic hydroxyl groups excluding tert-OH is 1. The first-order chi connectivity index (χ1) is 8.26. The zero-order valence-electron chi connectivity index (χ0n) is 9.96. The maximum absolute atomic E-state index is 10.3. The third kappa shape index (κ3) is 2.50. The van der Waals surface area contributed by atoms with Crippen LogP contribution < -0.4 is 4.74 Å². The first kappa shape index (κ1) is 12.1. The minimum atomic E-state index is -0.581. The predicted molar refractivity (Wildman–Crippen MR) is 67.4 cm³/mol. The molecule has 0 spiro atoms. The van der Waals surface area contributed by atoms with Crippen LogP contribution in [-0.4, -0.2) is 22.0 Å². The second-order valence-electron chi connectivity index (χ2n) is 3.77. The fraction of sp³-hybridized carbons (Fsp3) is 0.417. The molecule has 2 rings (SSSR count). The number of hydrogen-bond acceptors (Lipinski definition) is 4. The SMILES string of the molecule is CCn1ncc(OC)c1C(O)Cc1ccsc1. The molecule has 0 aromatic carbocycles. The van der Waals surface area contributed by atoms with E-state index in [2.05, 4.69) is 5.10 Å². The van der Waals surface area contributed by atoms with E-state index in [0.717, 1.165) is 17.8 Å². The molecule has 0 aliphatic rings. The van der Waals surface area contributed by atoms with Crippen LogP contribution in [-0.2, 0) is 13.0 Å². The Hall–Kier alpha value is -1.33. The van der Waals surface area contributed by atoms with Crippen LogP contribution in [0.5, 0.6) is 5.75 Å². The number of nitrogens with zero attached hydrogens (tertiary/aromatic N) is 2. The molecular weight excluding hydrogens is 236 g/mol. The summed E-state index contributed by atoms with van der Waals surface area (Å²) >= 11 is 1.63. The average Bonchev–Trinajstić information content (AvgIpc) is 2.95. The molecule has 17 heavy (non-hydrogen) atoms. The quantitative estimate of drug-likeness (QED) is 0.887. The highest BCUT2D eigenvalue weighted by molar-refractivity contribution is 7.07. The average molecular weight is 252 g/mol. The molecule has 0 aliphatic heterocycles. The van der Waals surface area contributed by atoms with E-state index in [0.29, 0.717) is 12.2 Å². The highest BCUT2D eigenvalue weighted by atomic mass is 32.1. The monoisotopic (exact) mass is 252 g/mol. The summed E-state index contributed by atoms with van der Waals surface area (Å²) in [6, 6.07) is 2.02. The fourth-order valence-electron chi connectivity index (χ4n) is 1.85. The molecule has 1 unspecified atom stereocenters. The van der Waals surface area contributed by atoms with Crippen LogP contribution in [0.15, 0.2) is 23.0 Å². The molecular formula is C12H16N2O2S. The zero-order chi connectivity index (χ0) is 12.3. The minimum absolute atomic E-state index is 0.581. The van der Waals surface area contributed by atoms with Crippen LogP contribution in [0.4, 0.5) is 0 Å². The van der Waals surface area contributed by atoms with Crippen molar-refractivity contribution in [1.29, 1.82) is 0 Å². The van der Waals surface area contributed by atoms with Gasteiger partial charge in [-0.2, -0.15) is 16.4 Å². The molecule has 0 fully saturated rings. The number of hydrogen-bond donors (Lipinski definition) is 1. The van der Waals surface area contributed by atoms with Gasteiger partial charge in [-0.1, -0.05) is 0 Å². The standard InChI is InChI=1S/C12H16N2O2S/c1-3-14-12(11(16-2)7-13-14)10(15)6-9-4-5-17-8-9/h4-5,7-8,10,15H,3,6H2,1-2H3. The number of aromatic nitrogens is 2. The largest absolute Gasteiger partial charge is 0.493 e. The van der Waals surface area contributed by atoms with Gasteiger partial charge in [0.15, 0.2) is 5.75 Å². The Morgan fingerprint density at radius 1 is 1.59 bits per heavy atom. The summed E-state index contributed by atoms with van der Waals surface area (Å²) in [5.74, 6) is 0.648. The van der Waals surface area contributed by atoms with Gasteiger partial charge in [0, 0.05) is 13.0 Å². The summed E-state index contributed by atoms with van der Waals surface area (Å²) in [7, 11) is 1.60. The van der Waals surface area contributed by atoms with Gasteiger partial charge < -0.3 is 9.84 Å². The molecule has 1 N–H and O–H groups in total. The molecule has 0 saturated carbocycles. The van der Waals surface area contributed by atoms with Gasteiger partial charge in [0.1, 0.15) is 11.8 Å². The number of rotatable bonds is 5. The Kier molecular flexibility index (Phi) is 3.81. The summed E-state index contributed by atoms with van der Waals surface area (Å²) in [6.45, 7) is 2.71. The second-order valence-corrected chi connectivity index (χ2v) is 4.55. The molecule has 2 heterocycles. The van der Waals surface area contributed by atoms with Crippen molar-refractivity contribution in [2.45, 2.75) is 26.0 Å². The molecule has 2 aromatic rings. The number of aliphatic hydroxyl groups is 1. The molecule has 1 atom stereocenters. The Balaban J connectivity index is 2.22. The summed E-state index contributed by atoms with van der Waals surface area (Å²) in [6.07, 6.45) is 1.66. The van der Waals surface area contributed by atoms with Gasteiger partial charge in [0.05, 0.1) is 13.3 Å².